The van der Waals surface area contributed by atoms with Crippen molar-refractivity contribution in [1.29, 1.82) is 0 Å². The Morgan fingerprint density at radius 3 is 2.41 bits per heavy atom. The standard InChI is InChI=1S/C26H22ClFN2O2/c1-16-6-7-17(2)24-23(16)13-20(25(31)29-24)15-30(14-18-8-10-22(28)11-9-18)26(32)19-4-3-5-21(27)12-19/h3-13H,14-15H2,1-2H3,(H,29,31). The molecule has 4 nitrogen and oxygen atoms in total. The zero-order chi connectivity index (χ0) is 22.8. The largest absolute Gasteiger partial charge is 0.330 e. The summed E-state index contributed by atoms with van der Waals surface area (Å²) in [6.07, 6.45) is 0. The van der Waals surface area contributed by atoms with Crippen LogP contribution in [0.15, 0.2) is 71.5 Å². The van der Waals surface area contributed by atoms with Crippen molar-refractivity contribution in [1.82, 2.24) is 9.88 Å². The molecule has 4 aromatic rings. The van der Waals surface area contributed by atoms with Gasteiger partial charge in [0.1, 0.15) is 5.82 Å². The normalized spacial score (nSPS) is 11.0. The highest BCUT2D eigenvalue weighted by atomic mass is 35.5. The quantitative estimate of drug-likeness (QED) is 0.420. The number of hydrogen-bond acceptors (Lipinski definition) is 2. The van der Waals surface area contributed by atoms with E-state index in [2.05, 4.69) is 4.98 Å². The lowest BCUT2D eigenvalue weighted by Gasteiger charge is -2.23. The molecule has 0 saturated heterocycles. The van der Waals surface area contributed by atoms with Gasteiger partial charge in [0.15, 0.2) is 0 Å². The Morgan fingerprint density at radius 1 is 0.969 bits per heavy atom. The second-order valence-corrected chi connectivity index (χ2v) is 8.35. The van der Waals surface area contributed by atoms with Gasteiger partial charge in [0.05, 0.1) is 12.1 Å². The van der Waals surface area contributed by atoms with Crippen molar-refractivity contribution in [2.24, 2.45) is 0 Å². The van der Waals surface area contributed by atoms with Gasteiger partial charge in [-0.1, -0.05) is 41.9 Å². The predicted octanol–water partition coefficient (Wildman–Crippen LogP) is 5.78. The molecule has 6 heteroatoms. The van der Waals surface area contributed by atoms with Crippen LogP contribution in [0.4, 0.5) is 4.39 Å². The Balaban J connectivity index is 1.75. The van der Waals surface area contributed by atoms with Crippen LogP contribution in [0, 0.1) is 19.7 Å². The van der Waals surface area contributed by atoms with E-state index in [1.54, 1.807) is 41.3 Å². The first-order valence-electron chi connectivity index (χ1n) is 10.2. The summed E-state index contributed by atoms with van der Waals surface area (Å²) in [5.74, 6) is -0.615. The summed E-state index contributed by atoms with van der Waals surface area (Å²) in [7, 11) is 0. The van der Waals surface area contributed by atoms with Crippen molar-refractivity contribution < 1.29 is 9.18 Å². The van der Waals surface area contributed by atoms with Crippen LogP contribution in [0.5, 0.6) is 0 Å². The fourth-order valence-corrected chi connectivity index (χ4v) is 3.95. The van der Waals surface area contributed by atoms with Crippen molar-refractivity contribution in [2.45, 2.75) is 26.9 Å². The van der Waals surface area contributed by atoms with E-state index in [1.165, 1.54) is 12.1 Å². The average molecular weight is 449 g/mol. The van der Waals surface area contributed by atoms with Gasteiger partial charge in [-0.15, -0.1) is 0 Å². The fraction of sp³-hybridized carbons (Fsp3) is 0.154. The molecule has 0 saturated carbocycles. The van der Waals surface area contributed by atoms with Gasteiger partial charge in [0.2, 0.25) is 0 Å². The minimum Gasteiger partial charge on any atom is -0.330 e. The molecule has 1 N–H and O–H groups in total. The zero-order valence-electron chi connectivity index (χ0n) is 17.8. The second-order valence-electron chi connectivity index (χ2n) is 7.91. The number of aromatic nitrogens is 1. The van der Waals surface area contributed by atoms with Gasteiger partial charge in [-0.3, -0.25) is 9.59 Å². The third-order valence-corrected chi connectivity index (χ3v) is 5.76. The summed E-state index contributed by atoms with van der Waals surface area (Å²) in [5, 5.41) is 1.39. The molecule has 0 spiro atoms. The molecule has 0 aliphatic rings. The van der Waals surface area contributed by atoms with Gasteiger partial charge in [-0.05, 0) is 66.9 Å². The summed E-state index contributed by atoms with van der Waals surface area (Å²) in [6.45, 7) is 4.25. The molecule has 3 aromatic carbocycles. The average Bonchev–Trinajstić information content (AvgIpc) is 2.77. The summed E-state index contributed by atoms with van der Waals surface area (Å²) in [5.41, 5.74) is 4.22. The number of pyridine rings is 1. The maximum atomic E-state index is 13.4. The lowest BCUT2D eigenvalue weighted by Crippen LogP contribution is -2.32. The number of carbonyl (C=O) groups excluding carboxylic acids is 1. The van der Waals surface area contributed by atoms with E-state index in [1.807, 2.05) is 32.0 Å². The first kappa shape index (κ1) is 21.8. The molecule has 0 fully saturated rings. The molecule has 0 atom stereocenters. The zero-order valence-corrected chi connectivity index (χ0v) is 18.5. The van der Waals surface area contributed by atoms with Crippen LogP contribution in [0.2, 0.25) is 5.02 Å². The predicted molar refractivity (Wildman–Crippen MR) is 125 cm³/mol. The maximum Gasteiger partial charge on any atom is 0.254 e. The number of benzene rings is 3. The number of fused-ring (bicyclic) bond motifs is 1. The molecule has 0 bridgehead atoms. The smallest absolute Gasteiger partial charge is 0.254 e. The van der Waals surface area contributed by atoms with Crippen molar-refractivity contribution in [2.75, 3.05) is 0 Å². The van der Waals surface area contributed by atoms with E-state index in [-0.39, 0.29) is 30.4 Å². The molecular weight excluding hydrogens is 427 g/mol. The lowest BCUT2D eigenvalue weighted by atomic mass is 10.0. The number of nitrogens with one attached hydrogen (secondary N) is 1. The van der Waals surface area contributed by atoms with Gasteiger partial charge in [-0.25, -0.2) is 4.39 Å². The highest BCUT2D eigenvalue weighted by Gasteiger charge is 2.19. The van der Waals surface area contributed by atoms with E-state index >= 15 is 0 Å². The van der Waals surface area contributed by atoms with Crippen molar-refractivity contribution >= 4 is 28.4 Å². The monoisotopic (exact) mass is 448 g/mol. The van der Waals surface area contributed by atoms with Crippen molar-refractivity contribution in [3.63, 3.8) is 0 Å². The molecule has 1 amide bonds. The molecular formula is C26H22ClFN2O2. The molecule has 1 heterocycles. The topological polar surface area (TPSA) is 53.2 Å². The Hall–Kier alpha value is -3.44. The number of halogens is 2. The van der Waals surface area contributed by atoms with Crippen LogP contribution in [0.25, 0.3) is 10.9 Å². The summed E-state index contributed by atoms with van der Waals surface area (Å²) in [4.78, 5) is 30.8. The molecule has 32 heavy (non-hydrogen) atoms. The van der Waals surface area contributed by atoms with Gasteiger partial charge in [0, 0.05) is 28.1 Å². The van der Waals surface area contributed by atoms with Crippen LogP contribution in [0.3, 0.4) is 0 Å². The molecule has 0 aliphatic carbocycles. The third-order valence-electron chi connectivity index (χ3n) is 5.53. The molecule has 0 radical (unpaired) electrons. The molecule has 0 aliphatic heterocycles. The van der Waals surface area contributed by atoms with E-state index in [0.29, 0.717) is 16.1 Å². The Labute approximate surface area is 190 Å². The van der Waals surface area contributed by atoms with E-state index in [0.717, 1.165) is 27.6 Å². The minimum atomic E-state index is -0.349. The van der Waals surface area contributed by atoms with Gasteiger partial charge in [-0.2, -0.15) is 0 Å². The first-order valence-corrected chi connectivity index (χ1v) is 10.6. The number of aryl methyl sites for hydroxylation is 2. The second kappa shape index (κ2) is 8.97. The number of nitrogens with zero attached hydrogens (tertiary/aromatic N) is 1. The van der Waals surface area contributed by atoms with E-state index < -0.39 is 0 Å². The van der Waals surface area contributed by atoms with Crippen molar-refractivity contribution in [3.05, 3.63) is 116 Å². The number of hydrogen-bond donors (Lipinski definition) is 1. The number of amides is 1. The molecule has 4 rings (SSSR count). The highest BCUT2D eigenvalue weighted by molar-refractivity contribution is 6.30. The molecule has 0 unspecified atom stereocenters. The third kappa shape index (κ3) is 4.58. The maximum absolute atomic E-state index is 13.4. The Kier molecular flexibility index (Phi) is 6.10. The fourth-order valence-electron chi connectivity index (χ4n) is 3.76. The Bertz CT molecular complexity index is 1360. The van der Waals surface area contributed by atoms with Crippen LogP contribution in [0.1, 0.15) is 32.6 Å². The van der Waals surface area contributed by atoms with Crippen molar-refractivity contribution in [3.8, 4) is 0 Å². The van der Waals surface area contributed by atoms with Gasteiger partial charge in [0.25, 0.3) is 11.5 Å². The summed E-state index contributed by atoms with van der Waals surface area (Å²) < 4.78 is 13.4. The van der Waals surface area contributed by atoms with Crippen LogP contribution in [-0.4, -0.2) is 15.8 Å². The lowest BCUT2D eigenvalue weighted by molar-refractivity contribution is 0.0729. The Morgan fingerprint density at radius 2 is 1.69 bits per heavy atom. The molecule has 1 aromatic heterocycles. The minimum absolute atomic E-state index is 0.0986. The SMILES string of the molecule is Cc1ccc(C)c2[nH]c(=O)c(CN(Cc3ccc(F)cc3)C(=O)c3cccc(Cl)c3)cc12. The van der Waals surface area contributed by atoms with Crippen LogP contribution in [-0.2, 0) is 13.1 Å². The highest BCUT2D eigenvalue weighted by Crippen LogP contribution is 2.22. The van der Waals surface area contributed by atoms with E-state index in [9.17, 15) is 14.0 Å². The summed E-state index contributed by atoms with van der Waals surface area (Å²) >= 11 is 6.09. The number of carbonyl (C=O) groups is 1. The summed E-state index contributed by atoms with van der Waals surface area (Å²) in [6, 6.07) is 18.5. The first-order chi connectivity index (χ1) is 15.3. The van der Waals surface area contributed by atoms with E-state index in [4.69, 9.17) is 11.6 Å². The van der Waals surface area contributed by atoms with Gasteiger partial charge < -0.3 is 9.88 Å². The molecule has 162 valence electrons. The van der Waals surface area contributed by atoms with Gasteiger partial charge >= 0.3 is 0 Å². The van der Waals surface area contributed by atoms with Crippen LogP contribution >= 0.6 is 11.6 Å². The number of rotatable bonds is 5. The van der Waals surface area contributed by atoms with Crippen LogP contribution < -0.4 is 5.56 Å². The number of aromatic amines is 1. The number of H-pyrrole nitrogens is 1.